The lowest BCUT2D eigenvalue weighted by atomic mass is 10.1. The molecule has 0 aliphatic carbocycles. The molecule has 2 aromatic carbocycles. The molecule has 0 atom stereocenters. The van der Waals surface area contributed by atoms with Gasteiger partial charge in [0.25, 0.3) is 0 Å². The van der Waals surface area contributed by atoms with Crippen LogP contribution in [0.5, 0.6) is 0 Å². The average molecular weight is 420 g/mol. The summed E-state index contributed by atoms with van der Waals surface area (Å²) in [6.45, 7) is 0. The second kappa shape index (κ2) is 7.92. The van der Waals surface area contributed by atoms with Crippen molar-refractivity contribution in [1.29, 1.82) is 0 Å². The van der Waals surface area contributed by atoms with Gasteiger partial charge in [-0.1, -0.05) is 63.6 Å². The highest BCUT2D eigenvalue weighted by atomic mass is 79.9. The molecule has 0 spiro atoms. The van der Waals surface area contributed by atoms with Crippen LogP contribution < -0.4 is 0 Å². The highest BCUT2D eigenvalue weighted by Crippen LogP contribution is 2.24. The highest BCUT2D eigenvalue weighted by Gasteiger charge is 2.11. The van der Waals surface area contributed by atoms with Crippen molar-refractivity contribution in [1.82, 2.24) is 10.2 Å². The number of hydrogen-bond acceptors (Lipinski definition) is 4. The quantitative estimate of drug-likeness (QED) is 0.402. The largest absolute Gasteiger partial charge is 0.293 e. The predicted octanol–water partition coefficient (Wildman–Crippen LogP) is 5.53. The van der Waals surface area contributed by atoms with E-state index in [1.807, 2.05) is 36.4 Å². The lowest BCUT2D eigenvalue weighted by Crippen LogP contribution is -2.03. The minimum Gasteiger partial charge on any atom is -0.293 e. The number of carbonyl (C=O) groups excluding carboxylic acids is 1. The summed E-state index contributed by atoms with van der Waals surface area (Å²) < 4.78 is 0.991. The number of thioether (sulfide) groups is 1. The van der Waals surface area contributed by atoms with Crippen molar-refractivity contribution in [2.24, 2.45) is 0 Å². The first-order chi connectivity index (χ1) is 11.6. The Morgan fingerprint density at radius 2 is 1.88 bits per heavy atom. The Kier molecular flexibility index (Phi) is 5.66. The van der Waals surface area contributed by atoms with Crippen LogP contribution in [-0.4, -0.2) is 21.7 Å². The maximum Gasteiger partial charge on any atom is 0.174 e. The van der Waals surface area contributed by atoms with Gasteiger partial charge < -0.3 is 0 Å². The summed E-state index contributed by atoms with van der Waals surface area (Å²) in [5.74, 6) is 0.248. The molecular weight excluding hydrogens is 408 g/mol. The Balaban J connectivity index is 1.67. The van der Waals surface area contributed by atoms with Crippen molar-refractivity contribution in [2.75, 3.05) is 5.75 Å². The number of halogens is 2. The Morgan fingerprint density at radius 3 is 2.58 bits per heavy atom. The van der Waals surface area contributed by atoms with E-state index in [4.69, 9.17) is 11.6 Å². The number of nitrogens with zero attached hydrogens (tertiary/aromatic N) is 2. The van der Waals surface area contributed by atoms with E-state index in [2.05, 4.69) is 26.1 Å². The van der Waals surface area contributed by atoms with Crippen LogP contribution in [0.4, 0.5) is 0 Å². The number of carbonyl (C=O) groups is 1. The van der Waals surface area contributed by atoms with Gasteiger partial charge >= 0.3 is 0 Å². The van der Waals surface area contributed by atoms with Gasteiger partial charge in [0.15, 0.2) is 5.78 Å². The van der Waals surface area contributed by atoms with Crippen LogP contribution in [0.2, 0.25) is 5.02 Å². The summed E-state index contributed by atoms with van der Waals surface area (Å²) in [7, 11) is 0. The minimum absolute atomic E-state index is 0.0246. The molecule has 120 valence electrons. The van der Waals surface area contributed by atoms with Crippen molar-refractivity contribution in [3.05, 3.63) is 75.7 Å². The van der Waals surface area contributed by atoms with Crippen molar-refractivity contribution in [2.45, 2.75) is 5.03 Å². The molecule has 3 aromatic rings. The zero-order valence-corrected chi connectivity index (χ0v) is 15.6. The van der Waals surface area contributed by atoms with E-state index in [9.17, 15) is 4.79 Å². The monoisotopic (exact) mass is 418 g/mol. The van der Waals surface area contributed by atoms with Gasteiger partial charge in [-0.3, -0.25) is 4.79 Å². The zero-order chi connectivity index (χ0) is 16.9. The summed E-state index contributed by atoms with van der Waals surface area (Å²) in [5.41, 5.74) is 2.31. The summed E-state index contributed by atoms with van der Waals surface area (Å²) in [6.07, 6.45) is 0. The van der Waals surface area contributed by atoms with Crippen LogP contribution in [-0.2, 0) is 0 Å². The van der Waals surface area contributed by atoms with Gasteiger partial charge in [-0.15, -0.1) is 10.2 Å². The fourth-order valence-corrected chi connectivity index (χ4v) is 3.44. The van der Waals surface area contributed by atoms with Crippen molar-refractivity contribution < 1.29 is 4.79 Å². The number of aromatic nitrogens is 2. The van der Waals surface area contributed by atoms with Crippen molar-refractivity contribution in [3.8, 4) is 11.3 Å². The number of benzene rings is 2. The van der Waals surface area contributed by atoms with E-state index in [1.165, 1.54) is 11.8 Å². The van der Waals surface area contributed by atoms with E-state index in [0.29, 0.717) is 15.6 Å². The minimum atomic E-state index is -0.0246. The van der Waals surface area contributed by atoms with Crippen LogP contribution in [0.15, 0.2) is 70.2 Å². The third kappa shape index (κ3) is 4.23. The van der Waals surface area contributed by atoms with Gasteiger partial charge in [-0.2, -0.15) is 0 Å². The van der Waals surface area contributed by atoms with E-state index in [0.717, 1.165) is 15.7 Å². The average Bonchev–Trinajstić information content (AvgIpc) is 2.60. The first-order valence-electron chi connectivity index (χ1n) is 7.14. The standard InChI is InChI=1S/C18H12BrClN2OS/c19-13-5-3-4-12(10-13)16-8-9-18(22-21-16)24-11-17(23)14-6-1-2-7-15(14)20/h1-10H,11H2. The molecule has 0 radical (unpaired) electrons. The van der Waals surface area contributed by atoms with Crippen molar-refractivity contribution >= 4 is 45.1 Å². The molecule has 0 amide bonds. The Morgan fingerprint density at radius 1 is 1.04 bits per heavy atom. The molecule has 0 aliphatic heterocycles. The zero-order valence-electron chi connectivity index (χ0n) is 12.4. The molecule has 24 heavy (non-hydrogen) atoms. The lowest BCUT2D eigenvalue weighted by Gasteiger charge is -2.04. The first-order valence-corrected chi connectivity index (χ1v) is 9.29. The molecule has 0 saturated carbocycles. The van der Waals surface area contributed by atoms with Gasteiger partial charge in [0.05, 0.1) is 16.5 Å². The topological polar surface area (TPSA) is 42.9 Å². The molecule has 0 unspecified atom stereocenters. The van der Waals surface area contributed by atoms with Crippen LogP contribution in [0.25, 0.3) is 11.3 Å². The second-order valence-corrected chi connectivity index (χ2v) is 7.28. The van der Waals surface area contributed by atoms with Crippen LogP contribution >= 0.6 is 39.3 Å². The fourth-order valence-electron chi connectivity index (χ4n) is 2.10. The van der Waals surface area contributed by atoms with Gasteiger partial charge in [-0.05, 0) is 36.4 Å². The van der Waals surface area contributed by atoms with Crippen molar-refractivity contribution in [3.63, 3.8) is 0 Å². The molecule has 1 heterocycles. The summed E-state index contributed by atoms with van der Waals surface area (Å²) in [4.78, 5) is 12.2. The third-order valence-corrected chi connectivity index (χ3v) is 5.03. The van der Waals surface area contributed by atoms with Crippen LogP contribution in [0, 0.1) is 0 Å². The molecule has 0 saturated heterocycles. The number of hydrogen-bond donors (Lipinski definition) is 0. The third-order valence-electron chi connectivity index (χ3n) is 3.29. The summed E-state index contributed by atoms with van der Waals surface area (Å²) >= 11 is 10.8. The Bertz CT molecular complexity index is 871. The molecule has 0 N–H and O–H groups in total. The maximum atomic E-state index is 12.2. The highest BCUT2D eigenvalue weighted by molar-refractivity contribution is 9.10. The smallest absolute Gasteiger partial charge is 0.174 e. The molecule has 0 aliphatic rings. The first kappa shape index (κ1) is 17.1. The van der Waals surface area contributed by atoms with Gasteiger partial charge in [-0.25, -0.2) is 0 Å². The maximum absolute atomic E-state index is 12.2. The molecule has 0 fully saturated rings. The fraction of sp³-hybridized carbons (Fsp3) is 0.0556. The molecule has 3 rings (SSSR count). The number of Topliss-reactive ketones (excluding diaryl/α,β-unsaturated/α-hetero) is 1. The van der Waals surface area contributed by atoms with E-state index < -0.39 is 0 Å². The molecule has 3 nitrogen and oxygen atoms in total. The Labute approximate surface area is 157 Å². The second-order valence-electron chi connectivity index (χ2n) is 4.96. The van der Waals surface area contributed by atoms with Crippen LogP contribution in [0.3, 0.4) is 0 Å². The number of rotatable bonds is 5. The normalized spacial score (nSPS) is 10.6. The molecular formula is C18H12BrClN2OS. The Hall–Kier alpha value is -1.69. The van der Waals surface area contributed by atoms with E-state index in [-0.39, 0.29) is 11.5 Å². The summed E-state index contributed by atoms with van der Waals surface area (Å²) in [5, 5.41) is 9.59. The molecule has 6 heteroatoms. The lowest BCUT2D eigenvalue weighted by molar-refractivity contribution is 0.102. The van der Waals surface area contributed by atoms with Gasteiger partial charge in [0.1, 0.15) is 5.03 Å². The molecule has 1 aromatic heterocycles. The van der Waals surface area contributed by atoms with E-state index in [1.54, 1.807) is 24.3 Å². The van der Waals surface area contributed by atoms with Crippen LogP contribution in [0.1, 0.15) is 10.4 Å². The van der Waals surface area contributed by atoms with E-state index >= 15 is 0 Å². The molecule has 0 bridgehead atoms. The SMILES string of the molecule is O=C(CSc1ccc(-c2cccc(Br)c2)nn1)c1ccccc1Cl. The van der Waals surface area contributed by atoms with Gasteiger partial charge in [0, 0.05) is 15.6 Å². The number of ketones is 1. The summed E-state index contributed by atoms with van der Waals surface area (Å²) in [6, 6.07) is 18.7. The predicted molar refractivity (Wildman–Crippen MR) is 102 cm³/mol. The van der Waals surface area contributed by atoms with Gasteiger partial charge in [0.2, 0.25) is 0 Å².